The smallest absolute Gasteiger partial charge is 0.0992 e. The van der Waals surface area contributed by atoms with Crippen LogP contribution in [-0.4, -0.2) is 18.6 Å². The molecule has 0 saturated heterocycles. The van der Waals surface area contributed by atoms with Crippen molar-refractivity contribution in [3.05, 3.63) is 29.3 Å². The summed E-state index contributed by atoms with van der Waals surface area (Å²) in [5, 5.41) is 15.6. The van der Waals surface area contributed by atoms with E-state index in [2.05, 4.69) is 37.5 Å². The molecule has 2 N–H and O–H groups in total. The number of anilines is 1. The molecule has 1 aromatic rings. The van der Waals surface area contributed by atoms with E-state index in [1.165, 1.54) is 5.56 Å². The van der Waals surface area contributed by atoms with Gasteiger partial charge in [-0.25, -0.2) is 0 Å². The molecule has 0 aromatic heterocycles. The summed E-state index contributed by atoms with van der Waals surface area (Å²) in [6.45, 7) is 10.2. The molecule has 0 saturated carbocycles. The third-order valence-electron chi connectivity index (χ3n) is 2.46. The SMILES string of the molecule is Cc1ccc(C#N)cc1NCCNC(C)(C)C. The number of nitriles is 1. The quantitative estimate of drug-likeness (QED) is 0.783. The van der Waals surface area contributed by atoms with Crippen LogP contribution in [0.2, 0.25) is 0 Å². The Bertz CT molecular complexity index is 410. The lowest BCUT2D eigenvalue weighted by Crippen LogP contribution is -2.38. The molecule has 0 bridgehead atoms. The first-order valence-electron chi connectivity index (χ1n) is 5.92. The Labute approximate surface area is 104 Å². The number of benzene rings is 1. The molecule has 0 aliphatic heterocycles. The zero-order valence-corrected chi connectivity index (χ0v) is 11.1. The van der Waals surface area contributed by atoms with Gasteiger partial charge in [0.2, 0.25) is 0 Å². The monoisotopic (exact) mass is 231 g/mol. The summed E-state index contributed by atoms with van der Waals surface area (Å²) in [6.07, 6.45) is 0. The van der Waals surface area contributed by atoms with Gasteiger partial charge in [-0.2, -0.15) is 5.26 Å². The molecular formula is C14H21N3. The number of nitrogens with zero attached hydrogens (tertiary/aromatic N) is 1. The van der Waals surface area contributed by atoms with Crippen molar-refractivity contribution in [1.29, 1.82) is 5.26 Å². The van der Waals surface area contributed by atoms with E-state index in [9.17, 15) is 0 Å². The lowest BCUT2D eigenvalue weighted by atomic mass is 10.1. The summed E-state index contributed by atoms with van der Waals surface area (Å²) in [4.78, 5) is 0. The van der Waals surface area contributed by atoms with Gasteiger partial charge in [-0.1, -0.05) is 6.07 Å². The molecule has 0 fully saturated rings. The Hall–Kier alpha value is -1.53. The molecule has 92 valence electrons. The van der Waals surface area contributed by atoms with Gasteiger partial charge in [0.15, 0.2) is 0 Å². The van der Waals surface area contributed by atoms with Crippen molar-refractivity contribution >= 4 is 5.69 Å². The van der Waals surface area contributed by atoms with Gasteiger partial charge in [-0.3, -0.25) is 0 Å². The third kappa shape index (κ3) is 4.88. The second-order valence-electron chi connectivity index (χ2n) is 5.25. The van der Waals surface area contributed by atoms with Gasteiger partial charge < -0.3 is 10.6 Å². The lowest BCUT2D eigenvalue weighted by Gasteiger charge is -2.21. The van der Waals surface area contributed by atoms with Crippen LogP contribution in [0, 0.1) is 18.3 Å². The number of hydrogen-bond donors (Lipinski definition) is 2. The highest BCUT2D eigenvalue weighted by Gasteiger charge is 2.07. The Balaban J connectivity index is 2.49. The summed E-state index contributed by atoms with van der Waals surface area (Å²) in [6, 6.07) is 7.86. The normalized spacial score (nSPS) is 11.0. The Morgan fingerprint density at radius 1 is 1.24 bits per heavy atom. The Morgan fingerprint density at radius 2 is 1.94 bits per heavy atom. The van der Waals surface area contributed by atoms with Crippen LogP contribution in [0.5, 0.6) is 0 Å². The number of rotatable bonds is 4. The molecule has 0 atom stereocenters. The van der Waals surface area contributed by atoms with E-state index in [0.717, 1.165) is 18.8 Å². The van der Waals surface area contributed by atoms with E-state index in [1.807, 2.05) is 25.1 Å². The minimum atomic E-state index is 0.144. The molecule has 0 unspecified atom stereocenters. The van der Waals surface area contributed by atoms with Crippen LogP contribution < -0.4 is 10.6 Å². The average molecular weight is 231 g/mol. The largest absolute Gasteiger partial charge is 0.384 e. The Kier molecular flexibility index (Phi) is 4.53. The fourth-order valence-electron chi connectivity index (χ4n) is 1.52. The maximum absolute atomic E-state index is 8.84. The highest BCUT2D eigenvalue weighted by atomic mass is 15.0. The highest BCUT2D eigenvalue weighted by molar-refractivity contribution is 5.55. The fraction of sp³-hybridized carbons (Fsp3) is 0.500. The van der Waals surface area contributed by atoms with Gasteiger partial charge in [-0.05, 0) is 45.4 Å². The predicted octanol–water partition coefficient (Wildman–Crippen LogP) is 2.67. The van der Waals surface area contributed by atoms with Crippen LogP contribution in [0.15, 0.2) is 18.2 Å². The summed E-state index contributed by atoms with van der Waals surface area (Å²) in [5.41, 5.74) is 3.05. The van der Waals surface area contributed by atoms with Crippen LogP contribution in [0.1, 0.15) is 31.9 Å². The first kappa shape index (κ1) is 13.5. The summed E-state index contributed by atoms with van der Waals surface area (Å²) in [7, 11) is 0. The molecule has 3 nitrogen and oxygen atoms in total. The standard InChI is InChI=1S/C14H21N3/c1-11-5-6-12(10-15)9-13(11)16-7-8-17-14(2,3)4/h5-6,9,16-17H,7-8H2,1-4H3. The van der Waals surface area contributed by atoms with Crippen molar-refractivity contribution in [2.45, 2.75) is 33.2 Å². The molecule has 0 aliphatic rings. The van der Waals surface area contributed by atoms with Crippen LogP contribution in [0.3, 0.4) is 0 Å². The molecule has 1 aromatic carbocycles. The zero-order chi connectivity index (χ0) is 12.9. The molecular weight excluding hydrogens is 210 g/mol. The topological polar surface area (TPSA) is 47.9 Å². The first-order chi connectivity index (χ1) is 7.92. The van der Waals surface area contributed by atoms with Gasteiger partial charge >= 0.3 is 0 Å². The van der Waals surface area contributed by atoms with Crippen molar-refractivity contribution in [3.8, 4) is 6.07 Å². The number of nitrogens with one attached hydrogen (secondary N) is 2. The van der Waals surface area contributed by atoms with E-state index < -0.39 is 0 Å². The van der Waals surface area contributed by atoms with Crippen molar-refractivity contribution in [3.63, 3.8) is 0 Å². The summed E-state index contributed by atoms with van der Waals surface area (Å²) < 4.78 is 0. The predicted molar refractivity (Wildman–Crippen MR) is 72.1 cm³/mol. The lowest BCUT2D eigenvalue weighted by molar-refractivity contribution is 0.435. The van der Waals surface area contributed by atoms with Crippen LogP contribution in [-0.2, 0) is 0 Å². The molecule has 17 heavy (non-hydrogen) atoms. The Morgan fingerprint density at radius 3 is 2.53 bits per heavy atom. The summed E-state index contributed by atoms with van der Waals surface area (Å²) in [5.74, 6) is 0. The zero-order valence-electron chi connectivity index (χ0n) is 11.1. The van der Waals surface area contributed by atoms with Crippen LogP contribution in [0.25, 0.3) is 0 Å². The second-order valence-corrected chi connectivity index (χ2v) is 5.25. The van der Waals surface area contributed by atoms with E-state index >= 15 is 0 Å². The van der Waals surface area contributed by atoms with Gasteiger partial charge in [0.25, 0.3) is 0 Å². The molecule has 0 amide bonds. The summed E-state index contributed by atoms with van der Waals surface area (Å²) >= 11 is 0. The van der Waals surface area contributed by atoms with Gasteiger partial charge in [-0.15, -0.1) is 0 Å². The van der Waals surface area contributed by atoms with Crippen molar-refractivity contribution in [2.75, 3.05) is 18.4 Å². The maximum Gasteiger partial charge on any atom is 0.0992 e. The molecule has 0 heterocycles. The van der Waals surface area contributed by atoms with Crippen molar-refractivity contribution in [1.82, 2.24) is 5.32 Å². The number of aryl methyl sites for hydroxylation is 1. The minimum absolute atomic E-state index is 0.144. The first-order valence-corrected chi connectivity index (χ1v) is 5.92. The van der Waals surface area contributed by atoms with Crippen molar-refractivity contribution < 1.29 is 0 Å². The van der Waals surface area contributed by atoms with E-state index in [4.69, 9.17) is 5.26 Å². The molecule has 0 spiro atoms. The molecule has 0 radical (unpaired) electrons. The second kappa shape index (κ2) is 5.70. The number of hydrogen-bond acceptors (Lipinski definition) is 3. The van der Waals surface area contributed by atoms with E-state index in [1.54, 1.807) is 0 Å². The van der Waals surface area contributed by atoms with Crippen LogP contribution in [0.4, 0.5) is 5.69 Å². The minimum Gasteiger partial charge on any atom is -0.384 e. The van der Waals surface area contributed by atoms with Gasteiger partial charge in [0.05, 0.1) is 11.6 Å². The molecule has 0 aliphatic carbocycles. The van der Waals surface area contributed by atoms with Crippen molar-refractivity contribution in [2.24, 2.45) is 0 Å². The molecule has 1 rings (SSSR count). The van der Waals surface area contributed by atoms with E-state index in [-0.39, 0.29) is 5.54 Å². The maximum atomic E-state index is 8.84. The van der Waals surface area contributed by atoms with Crippen LogP contribution >= 0.6 is 0 Å². The molecule has 3 heteroatoms. The third-order valence-corrected chi connectivity index (χ3v) is 2.46. The van der Waals surface area contributed by atoms with Gasteiger partial charge in [0, 0.05) is 24.3 Å². The fourth-order valence-corrected chi connectivity index (χ4v) is 1.52. The van der Waals surface area contributed by atoms with Gasteiger partial charge in [0.1, 0.15) is 0 Å². The average Bonchev–Trinajstić information content (AvgIpc) is 2.25. The van der Waals surface area contributed by atoms with E-state index in [0.29, 0.717) is 5.56 Å². The highest BCUT2D eigenvalue weighted by Crippen LogP contribution is 2.15.